The predicted octanol–water partition coefficient (Wildman–Crippen LogP) is 4.95. The summed E-state index contributed by atoms with van der Waals surface area (Å²) in [5.41, 5.74) is 1.53. The van der Waals surface area contributed by atoms with E-state index in [1.54, 1.807) is 24.3 Å². The lowest BCUT2D eigenvalue weighted by molar-refractivity contribution is -0.166. The van der Waals surface area contributed by atoms with Gasteiger partial charge in [0.05, 0.1) is 0 Å². The molecule has 160 valence electrons. The normalized spacial score (nSPS) is 22.9. The molecule has 4 nitrogen and oxygen atoms in total. The van der Waals surface area contributed by atoms with Gasteiger partial charge in [0.2, 0.25) is 0 Å². The van der Waals surface area contributed by atoms with Crippen LogP contribution in [0.5, 0.6) is 0 Å². The average molecular weight is 409 g/mol. The molecule has 4 heteroatoms. The van der Waals surface area contributed by atoms with Gasteiger partial charge in [0.15, 0.2) is 11.9 Å². The van der Waals surface area contributed by atoms with Gasteiger partial charge in [0.1, 0.15) is 6.10 Å². The molecular formula is C26H32O4. The van der Waals surface area contributed by atoms with Crippen molar-refractivity contribution < 1.29 is 19.4 Å². The zero-order chi connectivity index (χ0) is 21.7. The summed E-state index contributed by atoms with van der Waals surface area (Å²) in [6.45, 7) is 6.56. The van der Waals surface area contributed by atoms with Crippen molar-refractivity contribution in [2.75, 3.05) is 0 Å². The van der Waals surface area contributed by atoms with Gasteiger partial charge in [-0.05, 0) is 29.7 Å². The van der Waals surface area contributed by atoms with Crippen LogP contribution in [-0.4, -0.2) is 29.1 Å². The van der Waals surface area contributed by atoms with Gasteiger partial charge in [-0.25, -0.2) is 4.79 Å². The molecule has 1 fully saturated rings. The molecule has 1 aliphatic rings. The molecule has 0 saturated heterocycles. The zero-order valence-electron chi connectivity index (χ0n) is 18.1. The summed E-state index contributed by atoms with van der Waals surface area (Å²) in [6, 6.07) is 19.0. The minimum absolute atomic E-state index is 0.150. The van der Waals surface area contributed by atoms with Crippen LogP contribution in [0.15, 0.2) is 60.7 Å². The van der Waals surface area contributed by atoms with Crippen LogP contribution >= 0.6 is 0 Å². The minimum Gasteiger partial charge on any atom is -0.460 e. The van der Waals surface area contributed by atoms with E-state index in [0.29, 0.717) is 11.5 Å². The van der Waals surface area contributed by atoms with Crippen molar-refractivity contribution >= 4 is 11.8 Å². The summed E-state index contributed by atoms with van der Waals surface area (Å²) in [5.74, 6) is -0.365. The fourth-order valence-electron chi connectivity index (χ4n) is 4.59. The zero-order valence-corrected chi connectivity index (χ0v) is 18.1. The number of rotatable bonds is 7. The molecule has 0 amide bonds. The molecule has 4 atom stereocenters. The third-order valence-corrected chi connectivity index (χ3v) is 6.51. The Kier molecular flexibility index (Phi) is 7.09. The van der Waals surface area contributed by atoms with E-state index in [-0.39, 0.29) is 29.6 Å². The predicted molar refractivity (Wildman–Crippen MR) is 117 cm³/mol. The largest absolute Gasteiger partial charge is 0.460 e. The van der Waals surface area contributed by atoms with E-state index in [1.807, 2.05) is 24.3 Å². The Hall–Kier alpha value is -2.46. The number of esters is 1. The number of ether oxygens (including phenoxy) is 1. The first-order chi connectivity index (χ1) is 14.3. The maximum atomic E-state index is 12.7. The van der Waals surface area contributed by atoms with Crippen molar-refractivity contribution in [1.82, 2.24) is 0 Å². The lowest BCUT2D eigenvalue weighted by atomic mass is 9.64. The lowest BCUT2D eigenvalue weighted by Gasteiger charge is -2.44. The fourth-order valence-corrected chi connectivity index (χ4v) is 4.59. The van der Waals surface area contributed by atoms with Crippen LogP contribution < -0.4 is 0 Å². The minimum atomic E-state index is -1.45. The smallest absolute Gasteiger partial charge is 0.335 e. The average Bonchev–Trinajstić information content (AvgIpc) is 2.74. The van der Waals surface area contributed by atoms with Gasteiger partial charge >= 0.3 is 5.97 Å². The Morgan fingerprint density at radius 3 is 2.27 bits per heavy atom. The molecule has 1 N–H and O–H groups in total. The Morgan fingerprint density at radius 1 is 1.03 bits per heavy atom. The van der Waals surface area contributed by atoms with Crippen LogP contribution in [0.2, 0.25) is 0 Å². The summed E-state index contributed by atoms with van der Waals surface area (Å²) in [4.78, 5) is 25.0. The molecule has 0 bridgehead atoms. The highest BCUT2D eigenvalue weighted by molar-refractivity contribution is 5.98. The van der Waals surface area contributed by atoms with Gasteiger partial charge in [-0.2, -0.15) is 0 Å². The lowest BCUT2D eigenvalue weighted by Crippen LogP contribution is -2.44. The number of benzene rings is 2. The number of aliphatic hydroxyl groups is 1. The first kappa shape index (κ1) is 22.2. The van der Waals surface area contributed by atoms with Gasteiger partial charge in [-0.3, -0.25) is 4.79 Å². The van der Waals surface area contributed by atoms with Crippen LogP contribution in [0.3, 0.4) is 0 Å². The van der Waals surface area contributed by atoms with E-state index in [2.05, 4.69) is 32.9 Å². The Balaban J connectivity index is 1.70. The summed E-state index contributed by atoms with van der Waals surface area (Å²) >= 11 is 0. The standard InChI is InChI=1S/C26H32O4/c1-18-14-15-21(26(2,3)20-12-8-5-9-13-20)24(16-18)30-25(29)23(28)17-22(27)19-10-6-4-7-11-19/h4-13,18,21,23-24,28H,14-17H2,1-3H3/t18?,21?,23-,24?/m0/s1. The SMILES string of the molecule is CC1CCC(C(C)(C)c2ccccc2)C(OC(=O)[C@@H](O)CC(=O)c2ccccc2)C1. The second kappa shape index (κ2) is 9.57. The van der Waals surface area contributed by atoms with E-state index in [4.69, 9.17) is 4.74 Å². The maximum Gasteiger partial charge on any atom is 0.335 e. The topological polar surface area (TPSA) is 63.6 Å². The number of Topliss-reactive ketones (excluding diaryl/α,β-unsaturated/α-hetero) is 1. The molecule has 2 aromatic carbocycles. The monoisotopic (exact) mass is 408 g/mol. The van der Waals surface area contributed by atoms with Gasteiger partial charge in [0, 0.05) is 17.9 Å². The number of carbonyl (C=O) groups is 2. The van der Waals surface area contributed by atoms with Gasteiger partial charge < -0.3 is 9.84 Å². The highest BCUT2D eigenvalue weighted by Gasteiger charge is 2.42. The first-order valence-corrected chi connectivity index (χ1v) is 10.8. The number of ketones is 1. The van der Waals surface area contributed by atoms with Gasteiger partial charge in [0.25, 0.3) is 0 Å². The summed E-state index contributed by atoms with van der Waals surface area (Å²) < 4.78 is 5.84. The summed E-state index contributed by atoms with van der Waals surface area (Å²) in [7, 11) is 0. The van der Waals surface area contributed by atoms with Crippen LogP contribution in [0.25, 0.3) is 0 Å². The van der Waals surface area contributed by atoms with E-state index in [1.165, 1.54) is 5.56 Å². The Labute approximate surface area is 179 Å². The number of hydrogen-bond donors (Lipinski definition) is 1. The van der Waals surface area contributed by atoms with Gasteiger partial charge in [-0.15, -0.1) is 0 Å². The summed E-state index contributed by atoms with van der Waals surface area (Å²) in [5, 5.41) is 10.4. The molecule has 0 heterocycles. The van der Waals surface area contributed by atoms with E-state index < -0.39 is 12.1 Å². The highest BCUT2D eigenvalue weighted by atomic mass is 16.6. The molecule has 2 aromatic rings. The summed E-state index contributed by atoms with van der Waals surface area (Å²) in [6.07, 6.45) is 0.821. The van der Waals surface area contributed by atoms with Crippen molar-refractivity contribution in [2.45, 2.75) is 64.1 Å². The first-order valence-electron chi connectivity index (χ1n) is 10.8. The quantitative estimate of drug-likeness (QED) is 0.520. The van der Waals surface area contributed by atoms with Crippen LogP contribution in [0, 0.1) is 11.8 Å². The highest BCUT2D eigenvalue weighted by Crippen LogP contribution is 2.43. The fraction of sp³-hybridized carbons (Fsp3) is 0.462. The second-order valence-corrected chi connectivity index (χ2v) is 9.10. The van der Waals surface area contributed by atoms with Crippen LogP contribution in [0.1, 0.15) is 62.4 Å². The van der Waals surface area contributed by atoms with E-state index in [0.717, 1.165) is 19.3 Å². The molecule has 0 spiro atoms. The maximum absolute atomic E-state index is 12.7. The van der Waals surface area contributed by atoms with Crippen molar-refractivity contribution in [3.63, 3.8) is 0 Å². The van der Waals surface area contributed by atoms with Crippen LogP contribution in [0.4, 0.5) is 0 Å². The Morgan fingerprint density at radius 2 is 1.63 bits per heavy atom. The van der Waals surface area contributed by atoms with E-state index in [9.17, 15) is 14.7 Å². The molecule has 1 aliphatic carbocycles. The molecule has 3 rings (SSSR count). The number of hydrogen-bond acceptors (Lipinski definition) is 4. The second-order valence-electron chi connectivity index (χ2n) is 9.10. The van der Waals surface area contributed by atoms with Crippen molar-refractivity contribution in [3.8, 4) is 0 Å². The third kappa shape index (κ3) is 5.17. The number of aliphatic hydroxyl groups excluding tert-OH is 1. The Bertz CT molecular complexity index is 844. The van der Waals surface area contributed by atoms with Crippen molar-refractivity contribution in [3.05, 3.63) is 71.8 Å². The third-order valence-electron chi connectivity index (χ3n) is 6.51. The van der Waals surface area contributed by atoms with Gasteiger partial charge in [-0.1, -0.05) is 87.9 Å². The molecule has 0 aliphatic heterocycles. The molecule has 1 saturated carbocycles. The van der Waals surface area contributed by atoms with Crippen molar-refractivity contribution in [2.24, 2.45) is 11.8 Å². The molecule has 30 heavy (non-hydrogen) atoms. The van der Waals surface area contributed by atoms with Crippen molar-refractivity contribution in [1.29, 1.82) is 0 Å². The van der Waals surface area contributed by atoms with E-state index >= 15 is 0 Å². The molecule has 0 aromatic heterocycles. The molecule has 0 radical (unpaired) electrons. The number of carbonyl (C=O) groups excluding carboxylic acids is 2. The molecule has 3 unspecified atom stereocenters. The molecular weight excluding hydrogens is 376 g/mol. The van der Waals surface area contributed by atoms with Crippen LogP contribution in [-0.2, 0) is 14.9 Å².